The molecule has 3 aromatic heterocycles. The summed E-state index contributed by atoms with van der Waals surface area (Å²) in [6, 6.07) is 7.18. The maximum absolute atomic E-state index is 15.3. The van der Waals surface area contributed by atoms with Crippen molar-refractivity contribution in [3.05, 3.63) is 71.8 Å². The largest absolute Gasteiger partial charge is 0.435 e. The van der Waals surface area contributed by atoms with Crippen molar-refractivity contribution in [1.29, 1.82) is 0 Å². The summed E-state index contributed by atoms with van der Waals surface area (Å²) in [5.74, 6) is -1.20. The van der Waals surface area contributed by atoms with E-state index in [0.29, 0.717) is 28.8 Å². The number of alkyl halides is 3. The Morgan fingerprint density at radius 2 is 1.88 bits per heavy atom. The normalized spacial score (nSPS) is 12.2. The molecule has 5 nitrogen and oxygen atoms in total. The van der Waals surface area contributed by atoms with Gasteiger partial charge in [0.25, 0.3) is 0 Å². The van der Waals surface area contributed by atoms with Gasteiger partial charge >= 0.3 is 6.18 Å². The SMILES string of the molecule is CCCCc1cc(-c2cn3c(-c4ccc5[nH]ncc5c4F)c(C(F)(F)F)nc3cn2)ccc1F. The van der Waals surface area contributed by atoms with Crippen LogP contribution in [0.4, 0.5) is 22.0 Å². The highest BCUT2D eigenvalue weighted by atomic mass is 19.4. The van der Waals surface area contributed by atoms with Crippen LogP contribution in [0.1, 0.15) is 31.0 Å². The van der Waals surface area contributed by atoms with Crippen molar-refractivity contribution in [2.75, 3.05) is 0 Å². The van der Waals surface area contributed by atoms with E-state index in [0.717, 1.165) is 12.8 Å². The molecule has 1 N–H and O–H groups in total. The lowest BCUT2D eigenvalue weighted by Gasteiger charge is -2.11. The minimum Gasteiger partial charge on any atom is -0.295 e. The fourth-order valence-electron chi connectivity index (χ4n) is 4.02. The lowest BCUT2D eigenvalue weighted by atomic mass is 10.0. The first-order chi connectivity index (χ1) is 16.3. The summed E-state index contributed by atoms with van der Waals surface area (Å²) in [6.07, 6.45) is 1.15. The van der Waals surface area contributed by atoms with Crippen LogP contribution < -0.4 is 0 Å². The molecule has 5 aromatic rings. The van der Waals surface area contributed by atoms with Gasteiger partial charge in [-0.2, -0.15) is 18.3 Å². The number of nitrogens with one attached hydrogen (secondary N) is 1. The van der Waals surface area contributed by atoms with Crippen LogP contribution in [0.3, 0.4) is 0 Å². The molecule has 3 heterocycles. The summed E-state index contributed by atoms with van der Waals surface area (Å²) in [7, 11) is 0. The Labute approximate surface area is 190 Å². The number of nitrogens with zero attached hydrogens (tertiary/aromatic N) is 4. The van der Waals surface area contributed by atoms with Crippen LogP contribution in [0.2, 0.25) is 0 Å². The van der Waals surface area contributed by atoms with Crippen molar-refractivity contribution in [3.63, 3.8) is 0 Å². The van der Waals surface area contributed by atoms with Crippen molar-refractivity contribution in [3.8, 4) is 22.5 Å². The molecule has 0 atom stereocenters. The molecule has 0 radical (unpaired) electrons. The fraction of sp³-hybridized carbons (Fsp3) is 0.208. The van der Waals surface area contributed by atoms with Gasteiger partial charge < -0.3 is 0 Å². The number of rotatable bonds is 5. The predicted molar refractivity (Wildman–Crippen MR) is 117 cm³/mol. The van der Waals surface area contributed by atoms with Gasteiger partial charge in [0.05, 0.1) is 34.7 Å². The number of benzene rings is 2. The lowest BCUT2D eigenvalue weighted by Crippen LogP contribution is -2.08. The molecule has 0 fully saturated rings. The second kappa shape index (κ2) is 8.19. The third-order valence-corrected chi connectivity index (χ3v) is 5.73. The molecular formula is C24H18F5N5. The van der Waals surface area contributed by atoms with Gasteiger partial charge in [-0.3, -0.25) is 14.5 Å². The van der Waals surface area contributed by atoms with Crippen LogP contribution in [-0.4, -0.2) is 24.6 Å². The Bertz CT molecular complexity index is 1520. The number of hydrogen-bond acceptors (Lipinski definition) is 3. The van der Waals surface area contributed by atoms with Gasteiger partial charge in [-0.1, -0.05) is 13.3 Å². The van der Waals surface area contributed by atoms with E-state index in [9.17, 15) is 17.6 Å². The Morgan fingerprint density at radius 3 is 2.65 bits per heavy atom. The van der Waals surface area contributed by atoms with Gasteiger partial charge in [0.1, 0.15) is 11.6 Å². The molecule has 34 heavy (non-hydrogen) atoms. The average molecular weight is 471 g/mol. The van der Waals surface area contributed by atoms with E-state index in [2.05, 4.69) is 20.2 Å². The summed E-state index contributed by atoms with van der Waals surface area (Å²) in [6.45, 7) is 2.00. The van der Waals surface area contributed by atoms with Crippen LogP contribution in [0, 0.1) is 11.6 Å². The monoisotopic (exact) mass is 471 g/mol. The highest BCUT2D eigenvalue weighted by Gasteiger charge is 2.39. The predicted octanol–water partition coefficient (Wildman–Crippen LogP) is 6.58. The van der Waals surface area contributed by atoms with Gasteiger partial charge in [0, 0.05) is 17.3 Å². The summed E-state index contributed by atoms with van der Waals surface area (Å²) in [5.41, 5.74) is -0.331. The third-order valence-electron chi connectivity index (χ3n) is 5.73. The van der Waals surface area contributed by atoms with E-state index in [4.69, 9.17) is 0 Å². The van der Waals surface area contributed by atoms with Gasteiger partial charge in [0.15, 0.2) is 11.3 Å². The number of hydrogen-bond donors (Lipinski definition) is 1. The van der Waals surface area contributed by atoms with Crippen LogP contribution in [0.5, 0.6) is 0 Å². The summed E-state index contributed by atoms with van der Waals surface area (Å²) < 4.78 is 72.4. The zero-order chi connectivity index (χ0) is 24.0. The number of aryl methyl sites for hydroxylation is 1. The quantitative estimate of drug-likeness (QED) is 0.295. The standard InChI is InChI=1S/C24H18F5N5/c1-2-3-4-13-9-14(5-7-17(13)25)19-12-34-20(11-30-19)32-23(24(27,28)29)22(34)15-6-8-18-16(21(15)26)10-31-33-18/h5-12H,2-4H2,1H3,(H,31,33). The summed E-state index contributed by atoms with van der Waals surface area (Å²) in [5, 5.41) is 6.42. The van der Waals surface area contributed by atoms with Crippen molar-refractivity contribution in [2.45, 2.75) is 32.4 Å². The van der Waals surface area contributed by atoms with Crippen molar-refractivity contribution >= 4 is 16.6 Å². The second-order valence-electron chi connectivity index (χ2n) is 7.98. The van der Waals surface area contributed by atoms with E-state index < -0.39 is 23.4 Å². The number of fused-ring (bicyclic) bond motifs is 2. The molecule has 0 saturated heterocycles. The highest BCUT2D eigenvalue weighted by Crippen LogP contribution is 2.39. The molecule has 0 amide bonds. The molecule has 10 heteroatoms. The maximum atomic E-state index is 15.3. The Hall–Kier alpha value is -3.82. The first-order valence-corrected chi connectivity index (χ1v) is 10.6. The van der Waals surface area contributed by atoms with Crippen molar-refractivity contribution in [1.82, 2.24) is 24.6 Å². The van der Waals surface area contributed by atoms with Gasteiger partial charge in [-0.15, -0.1) is 0 Å². The molecule has 0 spiro atoms. The zero-order valence-corrected chi connectivity index (χ0v) is 17.9. The number of H-pyrrole nitrogens is 1. The van der Waals surface area contributed by atoms with E-state index >= 15 is 4.39 Å². The number of aromatic amines is 1. The molecule has 2 aromatic carbocycles. The van der Waals surface area contributed by atoms with Crippen molar-refractivity contribution in [2.24, 2.45) is 0 Å². The molecular weight excluding hydrogens is 453 g/mol. The zero-order valence-electron chi connectivity index (χ0n) is 17.9. The fourth-order valence-corrected chi connectivity index (χ4v) is 4.02. The number of unbranched alkanes of at least 4 members (excludes halogenated alkanes) is 1. The van der Waals surface area contributed by atoms with E-state index in [1.807, 2.05) is 6.92 Å². The topological polar surface area (TPSA) is 58.9 Å². The molecule has 5 rings (SSSR count). The van der Waals surface area contributed by atoms with E-state index in [-0.39, 0.29) is 22.4 Å². The molecule has 0 bridgehead atoms. The number of imidazole rings is 1. The molecule has 174 valence electrons. The Kier molecular flexibility index (Phi) is 5.30. The molecule has 0 aliphatic carbocycles. The minimum atomic E-state index is -4.83. The first kappa shape index (κ1) is 22.0. The Morgan fingerprint density at radius 1 is 1.06 bits per heavy atom. The van der Waals surface area contributed by atoms with Crippen LogP contribution in [0.15, 0.2) is 48.9 Å². The molecule has 0 aliphatic heterocycles. The number of aromatic nitrogens is 5. The molecule has 0 aliphatic rings. The smallest absolute Gasteiger partial charge is 0.295 e. The third kappa shape index (κ3) is 3.68. The highest BCUT2D eigenvalue weighted by molar-refractivity contribution is 5.85. The van der Waals surface area contributed by atoms with E-state index in [1.54, 1.807) is 6.07 Å². The first-order valence-electron chi connectivity index (χ1n) is 10.6. The summed E-state index contributed by atoms with van der Waals surface area (Å²) in [4.78, 5) is 7.94. The van der Waals surface area contributed by atoms with Crippen LogP contribution in [0.25, 0.3) is 39.1 Å². The Balaban J connectivity index is 1.73. The molecule has 0 saturated carbocycles. The lowest BCUT2D eigenvalue weighted by molar-refractivity contribution is -0.140. The maximum Gasteiger partial charge on any atom is 0.435 e. The number of halogens is 5. The summed E-state index contributed by atoms with van der Waals surface area (Å²) >= 11 is 0. The second-order valence-corrected chi connectivity index (χ2v) is 7.98. The van der Waals surface area contributed by atoms with Crippen LogP contribution in [-0.2, 0) is 12.6 Å². The van der Waals surface area contributed by atoms with Gasteiger partial charge in [-0.05, 0) is 48.7 Å². The van der Waals surface area contributed by atoms with E-state index in [1.165, 1.54) is 47.3 Å². The molecule has 0 unspecified atom stereocenters. The average Bonchev–Trinajstić information content (AvgIpc) is 3.44. The van der Waals surface area contributed by atoms with Crippen molar-refractivity contribution < 1.29 is 22.0 Å². The van der Waals surface area contributed by atoms with Gasteiger partial charge in [0.2, 0.25) is 0 Å². The van der Waals surface area contributed by atoms with Gasteiger partial charge in [-0.25, -0.2) is 13.8 Å². The van der Waals surface area contributed by atoms with Crippen LogP contribution >= 0.6 is 0 Å². The minimum absolute atomic E-state index is 0.0638.